The van der Waals surface area contributed by atoms with Crippen molar-refractivity contribution in [1.29, 1.82) is 0 Å². The number of H-pyrrole nitrogens is 1. The van der Waals surface area contributed by atoms with Crippen LogP contribution >= 0.6 is 0 Å². The van der Waals surface area contributed by atoms with Crippen molar-refractivity contribution in [3.8, 4) is 0 Å². The number of benzene rings is 2. The van der Waals surface area contributed by atoms with E-state index < -0.39 is 0 Å². The zero-order valence-electron chi connectivity index (χ0n) is 15.9. The number of rotatable bonds is 4. The molecule has 144 valence electrons. The van der Waals surface area contributed by atoms with Gasteiger partial charge in [0.25, 0.3) is 0 Å². The predicted octanol–water partition coefficient (Wildman–Crippen LogP) is 4.22. The Morgan fingerprint density at radius 2 is 1.90 bits per heavy atom. The Bertz CT molecular complexity index is 1170. The molecule has 4 aromatic rings. The molecule has 5 rings (SSSR count). The monoisotopic (exact) mass is 383 g/mol. The van der Waals surface area contributed by atoms with Crippen LogP contribution in [0.2, 0.25) is 0 Å². The number of carbonyl (C=O) groups excluding carboxylic acids is 1. The van der Waals surface area contributed by atoms with Gasteiger partial charge in [0.1, 0.15) is 0 Å². The van der Waals surface area contributed by atoms with Crippen LogP contribution in [0.5, 0.6) is 0 Å². The number of anilines is 3. The molecule has 6 heteroatoms. The number of amides is 1. The highest BCUT2D eigenvalue weighted by atomic mass is 16.1. The molecule has 0 bridgehead atoms. The average Bonchev–Trinajstić information content (AvgIpc) is 3.17. The Hall–Kier alpha value is -3.67. The lowest BCUT2D eigenvalue weighted by Gasteiger charge is -2.29. The van der Waals surface area contributed by atoms with Crippen molar-refractivity contribution in [1.82, 2.24) is 15.2 Å². The first-order chi connectivity index (χ1) is 14.3. The van der Waals surface area contributed by atoms with Gasteiger partial charge >= 0.3 is 0 Å². The van der Waals surface area contributed by atoms with E-state index in [0.717, 1.165) is 41.7 Å². The van der Waals surface area contributed by atoms with Gasteiger partial charge in [-0.15, -0.1) is 10.2 Å². The van der Waals surface area contributed by atoms with E-state index in [1.54, 1.807) is 0 Å². The van der Waals surface area contributed by atoms with Crippen LogP contribution in [0.25, 0.3) is 10.9 Å². The fourth-order valence-electron chi connectivity index (χ4n) is 3.95. The highest BCUT2D eigenvalue weighted by Crippen LogP contribution is 2.32. The minimum atomic E-state index is -0.111. The maximum atomic E-state index is 12.5. The summed E-state index contributed by atoms with van der Waals surface area (Å²) < 4.78 is 0. The summed E-state index contributed by atoms with van der Waals surface area (Å²) >= 11 is 0. The van der Waals surface area contributed by atoms with Gasteiger partial charge in [0, 0.05) is 29.3 Å². The molecule has 0 aliphatic carbocycles. The number of nitrogens with zero attached hydrogens (tertiary/aromatic N) is 3. The summed E-state index contributed by atoms with van der Waals surface area (Å²) in [6.45, 7) is 0.915. The molecule has 1 aliphatic heterocycles. The van der Waals surface area contributed by atoms with Gasteiger partial charge in [-0.1, -0.05) is 36.4 Å². The zero-order valence-corrected chi connectivity index (χ0v) is 15.9. The van der Waals surface area contributed by atoms with Crippen LogP contribution in [-0.2, 0) is 17.6 Å². The summed E-state index contributed by atoms with van der Waals surface area (Å²) in [5.74, 6) is 1.15. The van der Waals surface area contributed by atoms with Crippen LogP contribution in [0.1, 0.15) is 17.5 Å². The molecular formula is C23H21N5O. The van der Waals surface area contributed by atoms with E-state index in [2.05, 4.69) is 43.6 Å². The number of fused-ring (bicyclic) bond motifs is 2. The Morgan fingerprint density at radius 1 is 1.03 bits per heavy atom. The highest BCUT2D eigenvalue weighted by molar-refractivity contribution is 5.95. The number of aromatic nitrogens is 3. The van der Waals surface area contributed by atoms with Crippen molar-refractivity contribution in [3.05, 3.63) is 78.0 Å². The molecule has 0 atom stereocenters. The van der Waals surface area contributed by atoms with E-state index in [9.17, 15) is 4.79 Å². The van der Waals surface area contributed by atoms with Gasteiger partial charge in [0.2, 0.25) is 5.91 Å². The number of aromatic amines is 1. The van der Waals surface area contributed by atoms with Gasteiger partial charge < -0.3 is 15.2 Å². The summed E-state index contributed by atoms with van der Waals surface area (Å²) in [5, 5.41) is 12.5. The molecule has 2 aromatic heterocycles. The lowest BCUT2D eigenvalue weighted by molar-refractivity contribution is -0.115. The number of nitrogens with one attached hydrogen (secondary N) is 2. The Kier molecular flexibility index (Phi) is 4.44. The van der Waals surface area contributed by atoms with Crippen LogP contribution in [-0.4, -0.2) is 27.6 Å². The molecule has 2 N–H and O–H groups in total. The summed E-state index contributed by atoms with van der Waals surface area (Å²) in [7, 11) is 0. The van der Waals surface area contributed by atoms with Gasteiger partial charge in [-0.25, -0.2) is 0 Å². The van der Waals surface area contributed by atoms with E-state index in [1.165, 1.54) is 11.3 Å². The molecule has 3 heterocycles. The number of hydrogen-bond acceptors (Lipinski definition) is 4. The SMILES string of the molecule is O=C(Cc1c[nH]c2ccccc12)Nc1ccc(N2CCCc3ccccc32)nn1. The third-order valence-corrected chi connectivity index (χ3v) is 5.33. The molecular weight excluding hydrogens is 362 g/mol. The molecule has 1 aliphatic rings. The van der Waals surface area contributed by atoms with Gasteiger partial charge in [0.15, 0.2) is 11.6 Å². The quantitative estimate of drug-likeness (QED) is 0.553. The second-order valence-electron chi connectivity index (χ2n) is 7.25. The first-order valence-corrected chi connectivity index (χ1v) is 9.82. The predicted molar refractivity (Wildman–Crippen MR) is 114 cm³/mol. The van der Waals surface area contributed by atoms with E-state index in [4.69, 9.17) is 0 Å². The first kappa shape index (κ1) is 17.4. The molecule has 0 spiro atoms. The van der Waals surface area contributed by atoms with Crippen molar-refractivity contribution in [2.45, 2.75) is 19.3 Å². The second-order valence-corrected chi connectivity index (χ2v) is 7.25. The van der Waals surface area contributed by atoms with Crippen molar-refractivity contribution < 1.29 is 4.79 Å². The Morgan fingerprint density at radius 3 is 2.79 bits per heavy atom. The van der Waals surface area contributed by atoms with Gasteiger partial charge in [-0.2, -0.15) is 0 Å². The van der Waals surface area contributed by atoms with Crippen molar-refractivity contribution in [3.63, 3.8) is 0 Å². The first-order valence-electron chi connectivity index (χ1n) is 9.82. The summed E-state index contributed by atoms with van der Waals surface area (Å²) in [6.07, 6.45) is 4.34. The van der Waals surface area contributed by atoms with E-state index in [-0.39, 0.29) is 12.3 Å². The smallest absolute Gasteiger partial charge is 0.230 e. The average molecular weight is 383 g/mol. The summed E-state index contributed by atoms with van der Waals surface area (Å²) in [6, 6.07) is 20.1. The van der Waals surface area contributed by atoms with Gasteiger partial charge in [-0.05, 0) is 48.2 Å². The maximum absolute atomic E-state index is 12.5. The normalized spacial score (nSPS) is 13.3. The third kappa shape index (κ3) is 3.45. The molecule has 0 radical (unpaired) electrons. The Labute approximate surface area is 168 Å². The highest BCUT2D eigenvalue weighted by Gasteiger charge is 2.19. The van der Waals surface area contributed by atoms with Crippen molar-refractivity contribution >= 4 is 34.1 Å². The molecule has 2 aromatic carbocycles. The van der Waals surface area contributed by atoms with Crippen LogP contribution in [0, 0.1) is 0 Å². The molecule has 0 saturated carbocycles. The minimum Gasteiger partial charge on any atom is -0.361 e. The summed E-state index contributed by atoms with van der Waals surface area (Å²) in [4.78, 5) is 17.9. The van der Waals surface area contributed by atoms with Gasteiger partial charge in [-0.3, -0.25) is 4.79 Å². The number of hydrogen-bond donors (Lipinski definition) is 2. The number of carbonyl (C=O) groups is 1. The van der Waals surface area contributed by atoms with E-state index in [1.807, 2.05) is 48.7 Å². The van der Waals surface area contributed by atoms with Crippen LogP contribution in [0.15, 0.2) is 66.9 Å². The molecule has 0 saturated heterocycles. The van der Waals surface area contributed by atoms with Crippen molar-refractivity contribution in [2.75, 3.05) is 16.8 Å². The molecule has 0 fully saturated rings. The zero-order chi connectivity index (χ0) is 19.6. The lowest BCUT2D eigenvalue weighted by atomic mass is 10.0. The Balaban J connectivity index is 1.29. The van der Waals surface area contributed by atoms with Crippen LogP contribution < -0.4 is 10.2 Å². The van der Waals surface area contributed by atoms with Gasteiger partial charge in [0.05, 0.1) is 6.42 Å². The van der Waals surface area contributed by atoms with E-state index >= 15 is 0 Å². The molecule has 29 heavy (non-hydrogen) atoms. The molecule has 1 amide bonds. The number of para-hydroxylation sites is 2. The van der Waals surface area contributed by atoms with Crippen molar-refractivity contribution in [2.24, 2.45) is 0 Å². The van der Waals surface area contributed by atoms with Crippen LogP contribution in [0.3, 0.4) is 0 Å². The standard InChI is InChI=1S/C23H21N5O/c29-23(14-17-15-24-19-9-3-2-8-18(17)19)25-21-11-12-22(27-26-21)28-13-5-7-16-6-1-4-10-20(16)28/h1-4,6,8-12,15,24H,5,7,13-14H2,(H,25,26,29). The molecule has 0 unspecified atom stereocenters. The second kappa shape index (κ2) is 7.39. The third-order valence-electron chi connectivity index (χ3n) is 5.33. The molecule has 6 nitrogen and oxygen atoms in total. The fourth-order valence-corrected chi connectivity index (χ4v) is 3.95. The minimum absolute atomic E-state index is 0.111. The van der Waals surface area contributed by atoms with E-state index in [0.29, 0.717) is 5.82 Å². The largest absolute Gasteiger partial charge is 0.361 e. The fraction of sp³-hybridized carbons (Fsp3) is 0.174. The topological polar surface area (TPSA) is 73.9 Å². The summed E-state index contributed by atoms with van der Waals surface area (Å²) in [5.41, 5.74) is 4.51. The van der Waals surface area contributed by atoms with Crippen LogP contribution in [0.4, 0.5) is 17.3 Å². The number of aryl methyl sites for hydroxylation is 1. The maximum Gasteiger partial charge on any atom is 0.230 e. The lowest BCUT2D eigenvalue weighted by Crippen LogP contribution is -2.25.